The molecule has 0 bridgehead atoms. The highest BCUT2D eigenvalue weighted by Gasteiger charge is 2.34. The highest BCUT2D eigenvalue weighted by atomic mass is 16.2. The third-order valence-electron chi connectivity index (χ3n) is 3.43. The number of hydrogen-bond donors (Lipinski definition) is 1. The summed E-state index contributed by atoms with van der Waals surface area (Å²) in [5, 5.41) is 0. The highest BCUT2D eigenvalue weighted by molar-refractivity contribution is 5.81. The van der Waals surface area contributed by atoms with Crippen LogP contribution < -0.4 is 5.73 Å². The number of rotatable bonds is 3. The molecule has 1 saturated carbocycles. The van der Waals surface area contributed by atoms with Crippen LogP contribution in [0.3, 0.4) is 0 Å². The molecule has 1 aliphatic heterocycles. The van der Waals surface area contributed by atoms with E-state index in [9.17, 15) is 4.79 Å². The fourth-order valence-electron chi connectivity index (χ4n) is 2.27. The lowest BCUT2D eigenvalue weighted by molar-refractivity contribution is -0.133. The molecule has 3 heteroatoms. The van der Waals surface area contributed by atoms with Crippen molar-refractivity contribution < 1.29 is 4.79 Å². The summed E-state index contributed by atoms with van der Waals surface area (Å²) in [6.07, 6.45) is 5.71. The maximum Gasteiger partial charge on any atom is 0.225 e. The molecule has 1 aliphatic carbocycles. The lowest BCUT2D eigenvalue weighted by Gasteiger charge is -2.32. The Balaban J connectivity index is 1.74. The molecule has 1 saturated heterocycles. The SMILES string of the molecule is NCCC1CCN(C(=O)C2CC2)CC1. The summed E-state index contributed by atoms with van der Waals surface area (Å²) in [7, 11) is 0. The van der Waals surface area contributed by atoms with Gasteiger partial charge in [-0.15, -0.1) is 0 Å². The van der Waals surface area contributed by atoms with Crippen LogP contribution in [0, 0.1) is 11.8 Å². The van der Waals surface area contributed by atoms with Crippen LogP contribution in [0.15, 0.2) is 0 Å². The van der Waals surface area contributed by atoms with Gasteiger partial charge in [-0.3, -0.25) is 4.79 Å². The van der Waals surface area contributed by atoms with Gasteiger partial charge in [0.1, 0.15) is 0 Å². The summed E-state index contributed by atoms with van der Waals surface area (Å²) in [4.78, 5) is 13.8. The number of carbonyl (C=O) groups excluding carboxylic acids is 1. The number of likely N-dealkylation sites (tertiary alicyclic amines) is 1. The first-order chi connectivity index (χ1) is 6.81. The van der Waals surface area contributed by atoms with Crippen molar-refractivity contribution in [3.63, 3.8) is 0 Å². The molecule has 1 amide bonds. The van der Waals surface area contributed by atoms with Crippen LogP contribution in [0.1, 0.15) is 32.1 Å². The molecular weight excluding hydrogens is 176 g/mol. The second-order valence-electron chi connectivity index (χ2n) is 4.62. The van der Waals surface area contributed by atoms with Crippen molar-refractivity contribution >= 4 is 5.91 Å². The Morgan fingerprint density at radius 2 is 1.86 bits per heavy atom. The molecular formula is C11H20N2O. The molecule has 0 spiro atoms. The Labute approximate surface area is 85.6 Å². The van der Waals surface area contributed by atoms with Crippen LogP contribution in [-0.4, -0.2) is 30.4 Å². The van der Waals surface area contributed by atoms with Crippen molar-refractivity contribution in [1.82, 2.24) is 4.90 Å². The normalized spacial score (nSPS) is 23.9. The molecule has 2 N–H and O–H groups in total. The van der Waals surface area contributed by atoms with E-state index in [1.165, 1.54) is 0 Å². The number of hydrogen-bond acceptors (Lipinski definition) is 2. The fraction of sp³-hybridized carbons (Fsp3) is 0.909. The van der Waals surface area contributed by atoms with Gasteiger partial charge in [0, 0.05) is 19.0 Å². The van der Waals surface area contributed by atoms with E-state index < -0.39 is 0 Å². The predicted molar refractivity (Wildman–Crippen MR) is 55.7 cm³/mol. The first-order valence-electron chi connectivity index (χ1n) is 5.80. The second-order valence-corrected chi connectivity index (χ2v) is 4.62. The molecule has 0 aromatic carbocycles. The van der Waals surface area contributed by atoms with Crippen LogP contribution in [0.5, 0.6) is 0 Å². The third-order valence-corrected chi connectivity index (χ3v) is 3.43. The van der Waals surface area contributed by atoms with Crippen molar-refractivity contribution in [2.24, 2.45) is 17.6 Å². The highest BCUT2D eigenvalue weighted by Crippen LogP contribution is 2.32. The van der Waals surface area contributed by atoms with Crippen LogP contribution in [-0.2, 0) is 4.79 Å². The smallest absolute Gasteiger partial charge is 0.225 e. The van der Waals surface area contributed by atoms with Gasteiger partial charge in [0.25, 0.3) is 0 Å². The van der Waals surface area contributed by atoms with Gasteiger partial charge < -0.3 is 10.6 Å². The maximum absolute atomic E-state index is 11.7. The van der Waals surface area contributed by atoms with Crippen LogP contribution in [0.2, 0.25) is 0 Å². The van der Waals surface area contributed by atoms with Crippen LogP contribution in [0.4, 0.5) is 0 Å². The molecule has 0 unspecified atom stereocenters. The summed E-state index contributed by atoms with van der Waals surface area (Å²) in [5.41, 5.74) is 5.53. The first kappa shape index (κ1) is 9.97. The number of piperidine rings is 1. The molecule has 0 atom stereocenters. The zero-order valence-electron chi connectivity index (χ0n) is 8.74. The van der Waals surface area contributed by atoms with Crippen molar-refractivity contribution in [2.75, 3.05) is 19.6 Å². The molecule has 0 radical (unpaired) electrons. The minimum atomic E-state index is 0.390. The Hall–Kier alpha value is -0.570. The lowest BCUT2D eigenvalue weighted by atomic mass is 9.93. The zero-order chi connectivity index (χ0) is 9.97. The van der Waals surface area contributed by atoms with Crippen molar-refractivity contribution in [3.8, 4) is 0 Å². The van der Waals surface area contributed by atoms with Gasteiger partial charge in [-0.1, -0.05) is 0 Å². The van der Waals surface area contributed by atoms with E-state index in [1.807, 2.05) is 0 Å². The summed E-state index contributed by atoms with van der Waals surface area (Å²) in [5.74, 6) is 1.57. The molecule has 1 heterocycles. The summed E-state index contributed by atoms with van der Waals surface area (Å²) in [6.45, 7) is 2.74. The van der Waals surface area contributed by atoms with Crippen molar-refractivity contribution in [3.05, 3.63) is 0 Å². The summed E-state index contributed by atoms with van der Waals surface area (Å²) in [6, 6.07) is 0. The van der Waals surface area contributed by atoms with Gasteiger partial charge in [0.15, 0.2) is 0 Å². The largest absolute Gasteiger partial charge is 0.342 e. The summed E-state index contributed by atoms with van der Waals surface area (Å²) < 4.78 is 0. The van der Waals surface area contributed by atoms with E-state index in [0.717, 1.165) is 57.7 Å². The fourth-order valence-corrected chi connectivity index (χ4v) is 2.27. The van der Waals surface area contributed by atoms with Crippen molar-refractivity contribution in [1.29, 1.82) is 0 Å². The van der Waals surface area contributed by atoms with E-state index in [0.29, 0.717) is 11.8 Å². The van der Waals surface area contributed by atoms with Gasteiger partial charge >= 0.3 is 0 Å². The van der Waals surface area contributed by atoms with Gasteiger partial charge in [-0.05, 0) is 44.6 Å². The lowest BCUT2D eigenvalue weighted by Crippen LogP contribution is -2.39. The quantitative estimate of drug-likeness (QED) is 0.731. The Kier molecular flexibility index (Phi) is 3.06. The molecule has 0 aromatic rings. The predicted octanol–water partition coefficient (Wildman–Crippen LogP) is 0.984. The van der Waals surface area contributed by atoms with E-state index >= 15 is 0 Å². The Morgan fingerprint density at radius 1 is 1.21 bits per heavy atom. The maximum atomic E-state index is 11.7. The second kappa shape index (κ2) is 4.30. The Bertz CT molecular complexity index is 205. The average molecular weight is 196 g/mol. The van der Waals surface area contributed by atoms with E-state index in [-0.39, 0.29) is 0 Å². The van der Waals surface area contributed by atoms with E-state index in [1.54, 1.807) is 0 Å². The number of amides is 1. The van der Waals surface area contributed by atoms with E-state index in [2.05, 4.69) is 4.90 Å². The zero-order valence-corrected chi connectivity index (χ0v) is 8.74. The molecule has 2 aliphatic rings. The van der Waals surface area contributed by atoms with Gasteiger partial charge in [-0.2, -0.15) is 0 Å². The molecule has 3 nitrogen and oxygen atoms in total. The molecule has 14 heavy (non-hydrogen) atoms. The molecule has 2 rings (SSSR count). The molecule has 2 fully saturated rings. The number of carbonyl (C=O) groups is 1. The van der Waals surface area contributed by atoms with E-state index in [4.69, 9.17) is 5.73 Å². The number of nitrogens with zero attached hydrogens (tertiary/aromatic N) is 1. The molecule has 80 valence electrons. The first-order valence-corrected chi connectivity index (χ1v) is 5.80. The Morgan fingerprint density at radius 3 is 2.36 bits per heavy atom. The monoisotopic (exact) mass is 196 g/mol. The van der Waals surface area contributed by atoms with Crippen molar-refractivity contribution in [2.45, 2.75) is 32.1 Å². The van der Waals surface area contributed by atoms with Gasteiger partial charge in [0.05, 0.1) is 0 Å². The van der Waals surface area contributed by atoms with Gasteiger partial charge in [0.2, 0.25) is 5.91 Å². The average Bonchev–Trinajstić information content (AvgIpc) is 3.02. The van der Waals surface area contributed by atoms with Crippen LogP contribution in [0.25, 0.3) is 0 Å². The summed E-state index contributed by atoms with van der Waals surface area (Å²) >= 11 is 0. The third kappa shape index (κ3) is 2.27. The van der Waals surface area contributed by atoms with Crippen LogP contribution >= 0.6 is 0 Å². The minimum absolute atomic E-state index is 0.390. The number of nitrogens with two attached hydrogens (primary N) is 1. The topological polar surface area (TPSA) is 46.3 Å². The molecule has 0 aromatic heterocycles. The minimum Gasteiger partial charge on any atom is -0.342 e. The standard InChI is InChI=1S/C11H20N2O/c12-6-3-9-4-7-13(8-5-9)11(14)10-1-2-10/h9-10H,1-8,12H2. The van der Waals surface area contributed by atoms with Gasteiger partial charge in [-0.25, -0.2) is 0 Å².